The van der Waals surface area contributed by atoms with Gasteiger partial charge in [0.2, 0.25) is 5.91 Å². The van der Waals surface area contributed by atoms with Crippen LogP contribution in [-0.4, -0.2) is 61.3 Å². The van der Waals surface area contributed by atoms with Crippen LogP contribution in [0.3, 0.4) is 0 Å². The maximum absolute atomic E-state index is 12.4. The van der Waals surface area contributed by atoms with E-state index in [1.54, 1.807) is 0 Å². The molecule has 1 N–H and O–H groups in total. The lowest BCUT2D eigenvalue weighted by atomic mass is 9.98. The first-order valence-electron chi connectivity index (χ1n) is 6.96. The zero-order valence-electron chi connectivity index (χ0n) is 11.1. The van der Waals surface area contributed by atoms with Gasteiger partial charge >= 0.3 is 0 Å². The summed E-state index contributed by atoms with van der Waals surface area (Å²) in [7, 11) is 0. The average Bonchev–Trinajstić information content (AvgIpc) is 2.83. The third-order valence-corrected chi connectivity index (χ3v) is 4.27. The van der Waals surface area contributed by atoms with Gasteiger partial charge in [0.05, 0.1) is 12.1 Å². The average molecular weight is 268 g/mol. The minimum atomic E-state index is -0.309. The van der Waals surface area contributed by atoms with E-state index in [0.29, 0.717) is 19.7 Å². The van der Waals surface area contributed by atoms with Crippen molar-refractivity contribution in [1.82, 2.24) is 10.2 Å². The molecular weight excluding hydrogens is 248 g/mol. The van der Waals surface area contributed by atoms with Crippen LogP contribution >= 0.6 is 0 Å². The monoisotopic (exact) mass is 268 g/mol. The van der Waals surface area contributed by atoms with Crippen LogP contribution in [0.2, 0.25) is 0 Å². The van der Waals surface area contributed by atoms with Crippen LogP contribution < -0.4 is 5.32 Å². The van der Waals surface area contributed by atoms with Crippen molar-refractivity contribution >= 4 is 11.8 Å². The highest BCUT2D eigenvalue weighted by Gasteiger charge is 2.40. The van der Waals surface area contributed by atoms with E-state index in [1.807, 2.05) is 11.8 Å². The summed E-state index contributed by atoms with van der Waals surface area (Å²) in [6, 6.07) is -0.0735. The lowest BCUT2D eigenvalue weighted by Gasteiger charge is -2.41. The number of rotatable bonds is 1. The van der Waals surface area contributed by atoms with Crippen LogP contribution in [0.4, 0.5) is 0 Å². The van der Waals surface area contributed by atoms with Gasteiger partial charge < -0.3 is 19.7 Å². The van der Waals surface area contributed by atoms with Crippen molar-refractivity contribution in [3.63, 3.8) is 0 Å². The van der Waals surface area contributed by atoms with Crippen LogP contribution in [-0.2, 0) is 19.1 Å². The lowest BCUT2D eigenvalue weighted by molar-refractivity contribution is -0.152. The van der Waals surface area contributed by atoms with Crippen LogP contribution in [0.5, 0.6) is 0 Å². The first-order valence-corrected chi connectivity index (χ1v) is 6.96. The molecule has 0 unspecified atom stereocenters. The maximum Gasteiger partial charge on any atom is 0.252 e. The van der Waals surface area contributed by atoms with Crippen LogP contribution in [0.1, 0.15) is 19.8 Å². The summed E-state index contributed by atoms with van der Waals surface area (Å²) < 4.78 is 11.0. The smallest absolute Gasteiger partial charge is 0.252 e. The van der Waals surface area contributed by atoms with Crippen molar-refractivity contribution in [3.05, 3.63) is 0 Å². The quantitative estimate of drug-likeness (QED) is 0.698. The van der Waals surface area contributed by atoms with Gasteiger partial charge in [-0.2, -0.15) is 0 Å². The van der Waals surface area contributed by atoms with Gasteiger partial charge in [-0.3, -0.25) is 9.59 Å². The largest absolute Gasteiger partial charge is 0.368 e. The molecule has 3 fully saturated rings. The van der Waals surface area contributed by atoms with Gasteiger partial charge in [-0.25, -0.2) is 0 Å². The highest BCUT2D eigenvalue weighted by Crippen LogP contribution is 2.24. The number of ether oxygens (including phenoxy) is 2. The fourth-order valence-electron chi connectivity index (χ4n) is 3.09. The minimum absolute atomic E-state index is 0.0451. The van der Waals surface area contributed by atoms with Crippen molar-refractivity contribution in [2.75, 3.05) is 26.3 Å². The van der Waals surface area contributed by atoms with Crippen molar-refractivity contribution in [1.29, 1.82) is 0 Å². The zero-order valence-corrected chi connectivity index (χ0v) is 11.1. The van der Waals surface area contributed by atoms with E-state index in [4.69, 9.17) is 9.47 Å². The number of carbonyl (C=O) groups excluding carboxylic acids is 2. The number of hydrogen-bond acceptors (Lipinski definition) is 4. The minimum Gasteiger partial charge on any atom is -0.368 e. The summed E-state index contributed by atoms with van der Waals surface area (Å²) in [5.41, 5.74) is 0. The first kappa shape index (κ1) is 12.9. The normalized spacial score (nSPS) is 38.8. The standard InChI is InChI=1S/C13H20N2O4/c1-8-3-5-18-12(8)13(17)15-4-2-10-9(6-15)14-11(16)7-19-10/h8-10,12H,2-7H2,1H3,(H,14,16)/t8-,9-,10-,12+/m1/s1. The second-order valence-corrected chi connectivity index (χ2v) is 5.65. The zero-order chi connectivity index (χ0) is 13.4. The van der Waals surface area contributed by atoms with Crippen molar-refractivity contribution in [3.8, 4) is 0 Å². The van der Waals surface area contributed by atoms with E-state index in [0.717, 1.165) is 12.8 Å². The molecule has 0 aliphatic carbocycles. The number of hydrogen-bond donors (Lipinski definition) is 1. The fraction of sp³-hybridized carbons (Fsp3) is 0.846. The Morgan fingerprint density at radius 1 is 1.37 bits per heavy atom. The number of morpholine rings is 1. The summed E-state index contributed by atoms with van der Waals surface area (Å²) in [6.07, 6.45) is 1.45. The Morgan fingerprint density at radius 3 is 2.95 bits per heavy atom. The van der Waals surface area contributed by atoms with E-state index in [-0.39, 0.29) is 42.6 Å². The Morgan fingerprint density at radius 2 is 2.21 bits per heavy atom. The van der Waals surface area contributed by atoms with Crippen molar-refractivity contribution in [2.24, 2.45) is 5.92 Å². The molecule has 0 aromatic heterocycles. The predicted octanol–water partition coefficient (Wildman–Crippen LogP) is -0.473. The number of piperidine rings is 1. The van der Waals surface area contributed by atoms with Crippen LogP contribution in [0, 0.1) is 5.92 Å². The Labute approximate surface area is 112 Å². The highest BCUT2D eigenvalue weighted by molar-refractivity contribution is 5.82. The van der Waals surface area contributed by atoms with Gasteiger partial charge in [-0.05, 0) is 18.8 Å². The van der Waals surface area contributed by atoms with Gasteiger partial charge in [0, 0.05) is 19.7 Å². The molecule has 0 aromatic carbocycles. The molecule has 19 heavy (non-hydrogen) atoms. The van der Waals surface area contributed by atoms with Crippen molar-refractivity contribution in [2.45, 2.75) is 38.0 Å². The molecule has 3 rings (SSSR count). The number of nitrogens with one attached hydrogen (secondary N) is 1. The van der Waals surface area contributed by atoms with Gasteiger partial charge in [0.1, 0.15) is 12.7 Å². The summed E-state index contributed by atoms with van der Waals surface area (Å²) in [6.45, 7) is 4.06. The molecule has 0 saturated carbocycles. The SMILES string of the molecule is C[C@@H]1CCO[C@@H]1C(=O)N1CC[C@H]2OCC(=O)N[C@@H]2C1. The number of amides is 2. The summed E-state index contributed by atoms with van der Waals surface area (Å²) in [4.78, 5) is 25.6. The van der Waals surface area contributed by atoms with Gasteiger partial charge in [0.25, 0.3) is 5.91 Å². The maximum atomic E-state index is 12.4. The first-order chi connectivity index (χ1) is 9.15. The lowest BCUT2D eigenvalue weighted by Crippen LogP contribution is -2.62. The van der Waals surface area contributed by atoms with E-state index < -0.39 is 0 Å². The van der Waals surface area contributed by atoms with E-state index >= 15 is 0 Å². The number of nitrogens with zero attached hydrogens (tertiary/aromatic N) is 1. The fourth-order valence-corrected chi connectivity index (χ4v) is 3.09. The molecule has 3 saturated heterocycles. The Bertz CT molecular complexity index is 387. The van der Waals surface area contributed by atoms with Crippen molar-refractivity contribution < 1.29 is 19.1 Å². The molecule has 0 aromatic rings. The second-order valence-electron chi connectivity index (χ2n) is 5.65. The molecule has 0 spiro atoms. The summed E-state index contributed by atoms with van der Waals surface area (Å²) in [5.74, 6) is 0.242. The molecule has 2 amide bonds. The molecule has 3 aliphatic rings. The topological polar surface area (TPSA) is 67.9 Å². The van der Waals surface area contributed by atoms with Crippen LogP contribution in [0.15, 0.2) is 0 Å². The molecular formula is C13H20N2O4. The molecule has 6 heteroatoms. The number of likely N-dealkylation sites (tertiary alicyclic amines) is 1. The number of carbonyl (C=O) groups is 2. The molecule has 0 bridgehead atoms. The molecule has 6 nitrogen and oxygen atoms in total. The Kier molecular flexibility index (Phi) is 3.45. The Balaban J connectivity index is 1.63. The van der Waals surface area contributed by atoms with E-state index in [1.165, 1.54) is 0 Å². The molecule has 3 heterocycles. The highest BCUT2D eigenvalue weighted by atomic mass is 16.5. The van der Waals surface area contributed by atoms with Gasteiger partial charge in [-0.1, -0.05) is 6.92 Å². The van der Waals surface area contributed by atoms with E-state index in [9.17, 15) is 9.59 Å². The third-order valence-electron chi connectivity index (χ3n) is 4.27. The van der Waals surface area contributed by atoms with Gasteiger partial charge in [0.15, 0.2) is 0 Å². The summed E-state index contributed by atoms with van der Waals surface area (Å²) in [5, 5.41) is 2.91. The molecule has 3 aliphatic heterocycles. The summed E-state index contributed by atoms with van der Waals surface area (Å²) >= 11 is 0. The molecule has 4 atom stereocenters. The van der Waals surface area contributed by atoms with Gasteiger partial charge in [-0.15, -0.1) is 0 Å². The van der Waals surface area contributed by atoms with Crippen LogP contribution in [0.25, 0.3) is 0 Å². The molecule has 106 valence electrons. The Hall–Kier alpha value is -1.14. The predicted molar refractivity (Wildman–Crippen MR) is 66.4 cm³/mol. The third kappa shape index (κ3) is 2.47. The second kappa shape index (κ2) is 5.09. The molecule has 0 radical (unpaired) electrons. The number of fused-ring (bicyclic) bond motifs is 1. The van der Waals surface area contributed by atoms with E-state index in [2.05, 4.69) is 5.32 Å².